The van der Waals surface area contributed by atoms with E-state index in [0.717, 1.165) is 6.26 Å². The van der Waals surface area contributed by atoms with Crippen molar-refractivity contribution >= 4 is 21.8 Å². The fraction of sp³-hybridized carbons (Fsp3) is 0.333. The highest BCUT2D eigenvalue weighted by atomic mass is 32.2. The lowest BCUT2D eigenvalue weighted by atomic mass is 10.3. The molecule has 1 N–H and O–H groups in total. The molecule has 6 nitrogen and oxygen atoms in total. The monoisotopic (exact) mass is 244 g/mol. The van der Waals surface area contributed by atoms with E-state index in [9.17, 15) is 13.2 Å². The van der Waals surface area contributed by atoms with E-state index >= 15 is 0 Å². The normalized spacial score (nSPS) is 11.1. The Labute approximate surface area is 93.8 Å². The lowest BCUT2D eigenvalue weighted by Gasteiger charge is -2.04. The summed E-state index contributed by atoms with van der Waals surface area (Å²) in [4.78, 5) is 14.7. The van der Waals surface area contributed by atoms with Crippen LogP contribution in [0.15, 0.2) is 18.3 Å². The Bertz CT molecular complexity index is 484. The smallest absolute Gasteiger partial charge is 0.264 e. The Morgan fingerprint density at radius 3 is 2.81 bits per heavy atom. The van der Waals surface area contributed by atoms with Crippen LogP contribution in [0.1, 0.15) is 12.5 Å². The van der Waals surface area contributed by atoms with Crippen molar-refractivity contribution in [2.75, 3.05) is 11.6 Å². The number of carbonyl (C=O) groups is 1. The van der Waals surface area contributed by atoms with Crippen LogP contribution >= 0.6 is 0 Å². The molecule has 0 radical (unpaired) electrons. The maximum Gasteiger partial charge on any atom is 0.264 e. The zero-order chi connectivity index (χ0) is 12.2. The maximum absolute atomic E-state index is 10.8. The van der Waals surface area contributed by atoms with Crippen molar-refractivity contribution < 1.29 is 17.4 Å². The van der Waals surface area contributed by atoms with Crippen molar-refractivity contribution in [3.8, 4) is 0 Å². The minimum Gasteiger partial charge on any atom is -0.311 e. The summed E-state index contributed by atoms with van der Waals surface area (Å²) in [6.45, 7) is 1.29. The van der Waals surface area contributed by atoms with Crippen molar-refractivity contribution in [3.05, 3.63) is 23.9 Å². The van der Waals surface area contributed by atoms with Gasteiger partial charge in [-0.05, 0) is 17.7 Å². The van der Waals surface area contributed by atoms with Gasteiger partial charge in [0.15, 0.2) is 0 Å². The molecule has 0 bridgehead atoms. The largest absolute Gasteiger partial charge is 0.311 e. The lowest BCUT2D eigenvalue weighted by molar-refractivity contribution is -0.114. The molecule has 0 aliphatic heterocycles. The van der Waals surface area contributed by atoms with E-state index in [1.54, 1.807) is 12.1 Å². The number of carbonyl (C=O) groups excluding carboxylic acids is 1. The molecular weight excluding hydrogens is 232 g/mol. The number of aromatic nitrogens is 1. The third-order valence-corrected chi connectivity index (χ3v) is 2.11. The van der Waals surface area contributed by atoms with E-state index in [1.165, 1.54) is 13.1 Å². The zero-order valence-corrected chi connectivity index (χ0v) is 9.74. The van der Waals surface area contributed by atoms with Gasteiger partial charge in [-0.3, -0.25) is 8.98 Å². The first-order chi connectivity index (χ1) is 7.37. The number of nitrogens with one attached hydrogen (secondary N) is 1. The van der Waals surface area contributed by atoms with Crippen LogP contribution in [0.25, 0.3) is 0 Å². The number of amides is 1. The molecule has 0 atom stereocenters. The topological polar surface area (TPSA) is 85.4 Å². The van der Waals surface area contributed by atoms with Crippen LogP contribution < -0.4 is 5.32 Å². The molecule has 1 aromatic heterocycles. The molecule has 0 fully saturated rings. The highest BCUT2D eigenvalue weighted by Crippen LogP contribution is 2.08. The predicted octanol–water partition coefficient (Wildman–Crippen LogP) is 0.516. The van der Waals surface area contributed by atoms with Crippen LogP contribution in [0.5, 0.6) is 0 Å². The van der Waals surface area contributed by atoms with Crippen molar-refractivity contribution in [2.45, 2.75) is 13.5 Å². The van der Waals surface area contributed by atoms with Gasteiger partial charge < -0.3 is 5.32 Å². The van der Waals surface area contributed by atoms with E-state index in [2.05, 4.69) is 14.5 Å². The quantitative estimate of drug-likeness (QED) is 0.780. The number of hydrogen-bond donors (Lipinski definition) is 1. The Morgan fingerprint density at radius 2 is 2.25 bits per heavy atom. The summed E-state index contributed by atoms with van der Waals surface area (Å²) >= 11 is 0. The van der Waals surface area contributed by atoms with E-state index in [0.29, 0.717) is 11.4 Å². The number of anilines is 1. The minimum atomic E-state index is -3.47. The first kappa shape index (κ1) is 12.6. The number of hydrogen-bond acceptors (Lipinski definition) is 5. The number of rotatable bonds is 4. The Morgan fingerprint density at radius 1 is 1.56 bits per heavy atom. The predicted molar refractivity (Wildman–Crippen MR) is 58.2 cm³/mol. The van der Waals surface area contributed by atoms with Gasteiger partial charge in [-0.1, -0.05) is 0 Å². The van der Waals surface area contributed by atoms with E-state index in [1.807, 2.05) is 0 Å². The molecule has 7 heteroatoms. The maximum atomic E-state index is 10.8. The second kappa shape index (κ2) is 5.04. The molecule has 0 saturated carbocycles. The van der Waals surface area contributed by atoms with Gasteiger partial charge in [-0.15, -0.1) is 0 Å². The third-order valence-electron chi connectivity index (χ3n) is 1.57. The summed E-state index contributed by atoms with van der Waals surface area (Å²) < 4.78 is 26.1. The summed E-state index contributed by atoms with van der Waals surface area (Å²) in [6.07, 6.45) is 2.44. The second-order valence-electron chi connectivity index (χ2n) is 3.20. The van der Waals surface area contributed by atoms with Crippen molar-refractivity contribution in [1.29, 1.82) is 0 Å². The Balaban J connectivity index is 2.71. The van der Waals surface area contributed by atoms with Gasteiger partial charge in [-0.25, -0.2) is 4.98 Å². The summed E-state index contributed by atoms with van der Waals surface area (Å²) in [5.74, 6) is 0.121. The van der Waals surface area contributed by atoms with Gasteiger partial charge in [0.05, 0.1) is 12.9 Å². The summed E-state index contributed by atoms with van der Waals surface area (Å²) in [6, 6.07) is 3.16. The first-order valence-corrected chi connectivity index (χ1v) is 6.25. The van der Waals surface area contributed by atoms with Gasteiger partial charge in [0.2, 0.25) is 5.91 Å². The van der Waals surface area contributed by atoms with Crippen LogP contribution in [0.2, 0.25) is 0 Å². The molecule has 1 heterocycles. The van der Waals surface area contributed by atoms with Gasteiger partial charge >= 0.3 is 0 Å². The minimum absolute atomic E-state index is 0.0755. The van der Waals surface area contributed by atoms with Crippen LogP contribution in [0, 0.1) is 0 Å². The highest BCUT2D eigenvalue weighted by molar-refractivity contribution is 7.85. The summed E-state index contributed by atoms with van der Waals surface area (Å²) in [7, 11) is -3.47. The average Bonchev–Trinajstić information content (AvgIpc) is 2.13. The van der Waals surface area contributed by atoms with Crippen molar-refractivity contribution in [2.24, 2.45) is 0 Å². The summed E-state index contributed by atoms with van der Waals surface area (Å²) in [5.41, 5.74) is 0.615. The third kappa shape index (κ3) is 4.85. The molecular formula is C9H12N2O4S. The fourth-order valence-electron chi connectivity index (χ4n) is 0.988. The van der Waals surface area contributed by atoms with E-state index in [4.69, 9.17) is 0 Å². The molecule has 0 aliphatic carbocycles. The Kier molecular flexibility index (Phi) is 3.97. The molecule has 0 spiro atoms. The molecule has 1 aromatic rings. The zero-order valence-electron chi connectivity index (χ0n) is 8.93. The molecule has 1 rings (SSSR count). The average molecular weight is 244 g/mol. The molecule has 0 aliphatic rings. The SMILES string of the molecule is CC(=O)Nc1cc(COS(C)(=O)=O)ccn1. The van der Waals surface area contributed by atoms with E-state index in [-0.39, 0.29) is 12.5 Å². The molecule has 1 amide bonds. The molecule has 0 aromatic carbocycles. The standard InChI is InChI=1S/C9H12N2O4S/c1-7(12)11-9-5-8(3-4-10-9)6-15-16(2,13)14/h3-5H,6H2,1-2H3,(H,10,11,12). The van der Waals surface area contributed by atoms with Crippen molar-refractivity contribution in [1.82, 2.24) is 4.98 Å². The van der Waals surface area contributed by atoms with Gasteiger partial charge in [0.1, 0.15) is 5.82 Å². The Hall–Kier alpha value is -1.47. The molecule has 0 unspecified atom stereocenters. The van der Waals surface area contributed by atoms with Gasteiger partial charge in [0.25, 0.3) is 10.1 Å². The lowest BCUT2D eigenvalue weighted by Crippen LogP contribution is -2.08. The van der Waals surface area contributed by atoms with Crippen LogP contribution in [-0.4, -0.2) is 25.6 Å². The van der Waals surface area contributed by atoms with Crippen molar-refractivity contribution in [3.63, 3.8) is 0 Å². The van der Waals surface area contributed by atoms with Crippen LogP contribution in [0.4, 0.5) is 5.82 Å². The molecule has 16 heavy (non-hydrogen) atoms. The van der Waals surface area contributed by atoms with Crippen LogP contribution in [0.3, 0.4) is 0 Å². The second-order valence-corrected chi connectivity index (χ2v) is 4.84. The highest BCUT2D eigenvalue weighted by Gasteiger charge is 2.04. The fourth-order valence-corrected chi connectivity index (χ4v) is 1.34. The van der Waals surface area contributed by atoms with Gasteiger partial charge in [0, 0.05) is 13.1 Å². The molecule has 88 valence electrons. The van der Waals surface area contributed by atoms with Gasteiger partial charge in [-0.2, -0.15) is 8.42 Å². The van der Waals surface area contributed by atoms with Crippen LogP contribution in [-0.2, 0) is 25.7 Å². The number of pyridine rings is 1. The first-order valence-electron chi connectivity index (χ1n) is 4.44. The summed E-state index contributed by atoms with van der Waals surface area (Å²) in [5, 5.41) is 2.49. The number of nitrogens with zero attached hydrogens (tertiary/aromatic N) is 1. The van der Waals surface area contributed by atoms with E-state index < -0.39 is 10.1 Å². The molecule has 0 saturated heterocycles.